The second-order valence-corrected chi connectivity index (χ2v) is 7.56. The van der Waals surface area contributed by atoms with Crippen LogP contribution in [0.2, 0.25) is 0 Å². The van der Waals surface area contributed by atoms with Crippen molar-refractivity contribution in [1.82, 2.24) is 15.1 Å². The van der Waals surface area contributed by atoms with Crippen molar-refractivity contribution >= 4 is 5.91 Å². The SMILES string of the molecule is O=C(NC[C@H]1OCCc2cn(CC3CCOCC3)nc21)C1CCOCC1. The average molecular weight is 363 g/mol. The summed E-state index contributed by atoms with van der Waals surface area (Å²) in [5.41, 5.74) is 2.25. The standard InChI is InChI=1S/C19H29N3O4/c23-19(15-3-8-25-9-4-15)20-11-17-18-16(5-10-26-17)13-22(21-18)12-14-1-6-24-7-2-14/h13-15,17H,1-12H2,(H,20,23)/t17-/m1/s1. The van der Waals surface area contributed by atoms with Crippen molar-refractivity contribution in [3.05, 3.63) is 17.5 Å². The van der Waals surface area contributed by atoms with Crippen LogP contribution in [0.5, 0.6) is 0 Å². The summed E-state index contributed by atoms with van der Waals surface area (Å²) in [5.74, 6) is 0.821. The zero-order valence-electron chi connectivity index (χ0n) is 15.3. The molecule has 0 aliphatic carbocycles. The summed E-state index contributed by atoms with van der Waals surface area (Å²) >= 11 is 0. The Balaban J connectivity index is 1.34. The van der Waals surface area contributed by atoms with Gasteiger partial charge >= 0.3 is 0 Å². The van der Waals surface area contributed by atoms with Crippen LogP contribution in [-0.4, -0.2) is 55.3 Å². The van der Waals surface area contributed by atoms with Crippen LogP contribution >= 0.6 is 0 Å². The highest BCUT2D eigenvalue weighted by Crippen LogP contribution is 2.27. The average Bonchev–Trinajstić information content (AvgIpc) is 3.10. The monoisotopic (exact) mass is 363 g/mol. The van der Waals surface area contributed by atoms with Gasteiger partial charge in [0.15, 0.2) is 0 Å². The summed E-state index contributed by atoms with van der Waals surface area (Å²) in [5, 5.41) is 7.86. The summed E-state index contributed by atoms with van der Waals surface area (Å²) in [6.07, 6.45) is 6.74. The lowest BCUT2D eigenvalue weighted by molar-refractivity contribution is -0.128. The molecule has 2 saturated heterocycles. The van der Waals surface area contributed by atoms with Crippen LogP contribution in [0, 0.1) is 11.8 Å². The number of amides is 1. The van der Waals surface area contributed by atoms with Gasteiger partial charge in [0.05, 0.1) is 12.3 Å². The number of nitrogens with one attached hydrogen (secondary N) is 1. The number of carbonyl (C=O) groups is 1. The Morgan fingerprint density at radius 2 is 1.85 bits per heavy atom. The molecule has 3 aliphatic heterocycles. The second kappa shape index (κ2) is 8.50. The molecule has 0 radical (unpaired) electrons. The van der Waals surface area contributed by atoms with Gasteiger partial charge in [-0.2, -0.15) is 5.10 Å². The Morgan fingerprint density at radius 3 is 2.62 bits per heavy atom. The van der Waals surface area contributed by atoms with Crippen molar-refractivity contribution in [2.24, 2.45) is 11.8 Å². The van der Waals surface area contributed by atoms with Crippen molar-refractivity contribution in [3.63, 3.8) is 0 Å². The van der Waals surface area contributed by atoms with Crippen LogP contribution in [-0.2, 0) is 32.0 Å². The van der Waals surface area contributed by atoms with E-state index in [0.717, 1.165) is 57.6 Å². The molecule has 1 aromatic heterocycles. The first-order chi connectivity index (χ1) is 12.8. The maximum Gasteiger partial charge on any atom is 0.223 e. The molecule has 144 valence electrons. The Hall–Kier alpha value is -1.44. The molecule has 1 aromatic rings. The number of nitrogens with zero attached hydrogens (tertiary/aromatic N) is 2. The van der Waals surface area contributed by atoms with E-state index < -0.39 is 0 Å². The van der Waals surface area contributed by atoms with Gasteiger partial charge in [-0.25, -0.2) is 0 Å². The molecule has 0 bridgehead atoms. The summed E-state index contributed by atoms with van der Waals surface area (Å²) in [4.78, 5) is 12.4. The molecule has 4 heterocycles. The predicted molar refractivity (Wildman–Crippen MR) is 94.7 cm³/mol. The van der Waals surface area contributed by atoms with E-state index in [0.29, 0.717) is 32.3 Å². The molecule has 0 aromatic carbocycles. The van der Waals surface area contributed by atoms with E-state index in [1.54, 1.807) is 0 Å². The fraction of sp³-hybridized carbons (Fsp3) is 0.789. The number of rotatable bonds is 5. The Morgan fingerprint density at radius 1 is 1.12 bits per heavy atom. The van der Waals surface area contributed by atoms with E-state index in [1.165, 1.54) is 5.56 Å². The largest absolute Gasteiger partial charge is 0.381 e. The molecular formula is C19H29N3O4. The number of fused-ring (bicyclic) bond motifs is 1. The third kappa shape index (κ3) is 4.27. The number of hydrogen-bond donors (Lipinski definition) is 1. The number of carbonyl (C=O) groups excluding carboxylic acids is 1. The van der Waals surface area contributed by atoms with Crippen molar-refractivity contribution in [3.8, 4) is 0 Å². The van der Waals surface area contributed by atoms with E-state index in [2.05, 4.69) is 16.2 Å². The smallest absolute Gasteiger partial charge is 0.223 e. The van der Waals surface area contributed by atoms with E-state index in [-0.39, 0.29) is 17.9 Å². The molecule has 1 atom stereocenters. The third-order valence-corrected chi connectivity index (χ3v) is 5.71. The van der Waals surface area contributed by atoms with Crippen molar-refractivity contribution in [1.29, 1.82) is 0 Å². The number of aromatic nitrogens is 2. The van der Waals surface area contributed by atoms with Gasteiger partial charge in [0.25, 0.3) is 0 Å². The molecule has 3 aliphatic rings. The minimum Gasteiger partial charge on any atom is -0.381 e. The predicted octanol–water partition coefficient (Wildman–Crippen LogP) is 1.47. The van der Waals surface area contributed by atoms with Crippen molar-refractivity contribution in [2.75, 3.05) is 39.6 Å². The van der Waals surface area contributed by atoms with Gasteiger partial charge in [-0.15, -0.1) is 0 Å². The lowest BCUT2D eigenvalue weighted by Crippen LogP contribution is -2.37. The Kier molecular flexibility index (Phi) is 5.87. The molecule has 4 rings (SSSR count). The first-order valence-electron chi connectivity index (χ1n) is 9.90. The third-order valence-electron chi connectivity index (χ3n) is 5.71. The topological polar surface area (TPSA) is 74.6 Å². The molecule has 2 fully saturated rings. The lowest BCUT2D eigenvalue weighted by atomic mass is 9.99. The number of hydrogen-bond acceptors (Lipinski definition) is 5. The molecule has 0 spiro atoms. The van der Waals surface area contributed by atoms with E-state index in [1.807, 2.05) is 0 Å². The van der Waals surface area contributed by atoms with Crippen molar-refractivity contribution in [2.45, 2.75) is 44.8 Å². The highest BCUT2D eigenvalue weighted by Gasteiger charge is 2.28. The van der Waals surface area contributed by atoms with Gasteiger partial charge in [-0.1, -0.05) is 0 Å². The molecule has 0 saturated carbocycles. The fourth-order valence-corrected chi connectivity index (χ4v) is 4.07. The van der Waals surface area contributed by atoms with Crippen LogP contribution in [0.4, 0.5) is 0 Å². The summed E-state index contributed by atoms with van der Waals surface area (Å²) < 4.78 is 18.8. The zero-order chi connectivity index (χ0) is 17.8. The molecule has 1 amide bonds. The van der Waals surface area contributed by atoms with E-state index in [4.69, 9.17) is 19.3 Å². The van der Waals surface area contributed by atoms with Crippen molar-refractivity contribution < 1.29 is 19.0 Å². The zero-order valence-corrected chi connectivity index (χ0v) is 15.3. The Labute approximate surface area is 154 Å². The minimum atomic E-state index is -0.140. The van der Waals surface area contributed by atoms with Gasteiger partial charge in [0.1, 0.15) is 6.10 Å². The summed E-state index contributed by atoms with van der Waals surface area (Å²) in [7, 11) is 0. The first kappa shape index (κ1) is 17.9. The van der Waals surface area contributed by atoms with E-state index >= 15 is 0 Å². The van der Waals surface area contributed by atoms with Crippen LogP contribution in [0.1, 0.15) is 43.0 Å². The Bertz CT molecular complexity index is 606. The lowest BCUT2D eigenvalue weighted by Gasteiger charge is -2.25. The fourth-order valence-electron chi connectivity index (χ4n) is 4.07. The van der Waals surface area contributed by atoms with Gasteiger partial charge in [0.2, 0.25) is 5.91 Å². The molecule has 1 N–H and O–H groups in total. The van der Waals surface area contributed by atoms with Gasteiger partial charge < -0.3 is 19.5 Å². The second-order valence-electron chi connectivity index (χ2n) is 7.56. The quantitative estimate of drug-likeness (QED) is 0.857. The molecule has 0 unspecified atom stereocenters. The normalized spacial score (nSPS) is 25.0. The van der Waals surface area contributed by atoms with Gasteiger partial charge in [-0.3, -0.25) is 9.48 Å². The van der Waals surface area contributed by atoms with Crippen LogP contribution in [0.25, 0.3) is 0 Å². The minimum absolute atomic E-state index is 0.0675. The highest BCUT2D eigenvalue weighted by atomic mass is 16.5. The molecule has 26 heavy (non-hydrogen) atoms. The van der Waals surface area contributed by atoms with Gasteiger partial charge in [-0.05, 0) is 43.6 Å². The van der Waals surface area contributed by atoms with E-state index in [9.17, 15) is 4.79 Å². The van der Waals surface area contributed by atoms with Crippen LogP contribution in [0.3, 0.4) is 0 Å². The first-order valence-corrected chi connectivity index (χ1v) is 9.90. The molecule has 7 heteroatoms. The van der Waals surface area contributed by atoms with Gasteiger partial charge in [0, 0.05) is 51.6 Å². The highest BCUT2D eigenvalue weighted by molar-refractivity contribution is 5.78. The summed E-state index contributed by atoms with van der Waals surface area (Å²) in [6.45, 7) is 5.20. The molecule has 7 nitrogen and oxygen atoms in total. The van der Waals surface area contributed by atoms with Crippen LogP contribution in [0.15, 0.2) is 6.20 Å². The maximum absolute atomic E-state index is 12.4. The maximum atomic E-state index is 12.4. The summed E-state index contributed by atoms with van der Waals surface area (Å²) in [6, 6.07) is 0. The molecular weight excluding hydrogens is 334 g/mol. The van der Waals surface area contributed by atoms with Crippen LogP contribution < -0.4 is 5.32 Å². The number of ether oxygens (including phenoxy) is 3.